The molecule has 0 aliphatic heterocycles. The van der Waals surface area contributed by atoms with Gasteiger partial charge in [-0.1, -0.05) is 43.1 Å². The minimum Gasteiger partial charge on any atom is -0.299 e. The first kappa shape index (κ1) is 22.1. The summed E-state index contributed by atoms with van der Waals surface area (Å²) in [5.41, 5.74) is 4.52. The van der Waals surface area contributed by atoms with Gasteiger partial charge in [0.1, 0.15) is 17.5 Å². The molecule has 0 spiro atoms. The summed E-state index contributed by atoms with van der Waals surface area (Å²) in [5.74, 6) is 0.724. The Morgan fingerprint density at radius 1 is 0.966 bits per heavy atom. The van der Waals surface area contributed by atoms with E-state index in [4.69, 9.17) is 11.6 Å². The maximum Gasteiger partial charge on any atom is 0.148 e. The fraction of sp³-hybridized carbons (Fsp3) is 0.440. The second-order valence-corrected chi connectivity index (χ2v) is 9.54. The lowest BCUT2D eigenvalue weighted by atomic mass is 9.73. The first-order chi connectivity index (χ1) is 13.9. The summed E-state index contributed by atoms with van der Waals surface area (Å²) in [6, 6.07) is 12.1. The lowest BCUT2D eigenvalue weighted by Gasteiger charge is -2.29. The predicted molar refractivity (Wildman–Crippen MR) is 122 cm³/mol. The zero-order valence-corrected chi connectivity index (χ0v) is 19.0. The van der Waals surface area contributed by atoms with Crippen LogP contribution in [0.3, 0.4) is 0 Å². The van der Waals surface area contributed by atoms with Crippen molar-refractivity contribution in [1.82, 2.24) is 0 Å². The second kappa shape index (κ2) is 9.95. The number of hydrogen-bond donors (Lipinski definition) is 0. The van der Waals surface area contributed by atoms with E-state index < -0.39 is 5.92 Å². The van der Waals surface area contributed by atoms with E-state index in [9.17, 15) is 9.59 Å². The Kier molecular flexibility index (Phi) is 7.59. The first-order valence-electron chi connectivity index (χ1n) is 10.5. The fourth-order valence-electron chi connectivity index (χ4n) is 4.37. The number of rotatable bonds is 7. The lowest BCUT2D eigenvalue weighted by Crippen LogP contribution is -2.33. The van der Waals surface area contributed by atoms with Crippen molar-refractivity contribution in [1.29, 1.82) is 0 Å². The molecule has 1 fully saturated rings. The van der Waals surface area contributed by atoms with Gasteiger partial charge in [0.2, 0.25) is 0 Å². The van der Waals surface area contributed by atoms with Crippen molar-refractivity contribution in [3.8, 4) is 0 Å². The van der Waals surface area contributed by atoms with Gasteiger partial charge in [-0.15, -0.1) is 11.8 Å². The molecule has 1 aliphatic carbocycles. The number of ketones is 2. The van der Waals surface area contributed by atoms with Crippen molar-refractivity contribution in [2.24, 2.45) is 5.92 Å². The maximum absolute atomic E-state index is 13.1. The van der Waals surface area contributed by atoms with Crippen LogP contribution in [-0.4, -0.2) is 17.3 Å². The predicted octanol–water partition coefficient (Wildman–Crippen LogP) is 6.59. The molecule has 2 nitrogen and oxygen atoms in total. The van der Waals surface area contributed by atoms with Crippen molar-refractivity contribution in [2.75, 3.05) is 5.75 Å². The molecule has 29 heavy (non-hydrogen) atoms. The Balaban J connectivity index is 1.68. The van der Waals surface area contributed by atoms with E-state index in [0.29, 0.717) is 12.8 Å². The minimum atomic E-state index is -0.555. The van der Waals surface area contributed by atoms with Crippen LogP contribution in [0, 0.1) is 12.8 Å². The van der Waals surface area contributed by atoms with Gasteiger partial charge in [0, 0.05) is 22.8 Å². The summed E-state index contributed by atoms with van der Waals surface area (Å²) in [5, 5.41) is 0.734. The van der Waals surface area contributed by atoms with Gasteiger partial charge in [-0.3, -0.25) is 9.59 Å². The van der Waals surface area contributed by atoms with Crippen molar-refractivity contribution in [3.05, 3.63) is 63.7 Å². The highest BCUT2D eigenvalue weighted by atomic mass is 35.5. The normalized spacial score (nSPS) is 19.6. The van der Waals surface area contributed by atoms with E-state index in [1.165, 1.54) is 10.5 Å². The Hall–Kier alpha value is -1.58. The average Bonchev–Trinajstić information content (AvgIpc) is 2.69. The highest BCUT2D eigenvalue weighted by Gasteiger charge is 2.38. The number of thioether (sulfide) groups is 1. The van der Waals surface area contributed by atoms with Gasteiger partial charge in [0.05, 0.1) is 0 Å². The number of halogens is 1. The largest absolute Gasteiger partial charge is 0.299 e. The molecule has 154 valence electrons. The number of carbonyl (C=O) groups is 2. The van der Waals surface area contributed by atoms with E-state index in [1.54, 1.807) is 11.8 Å². The number of benzene rings is 2. The molecule has 0 N–H and O–H groups in total. The van der Waals surface area contributed by atoms with E-state index >= 15 is 0 Å². The molecule has 0 bridgehead atoms. The highest BCUT2D eigenvalue weighted by molar-refractivity contribution is 7.99. The van der Waals surface area contributed by atoms with E-state index in [2.05, 4.69) is 32.9 Å². The molecule has 4 heteroatoms. The average molecular weight is 429 g/mol. The summed E-state index contributed by atoms with van der Waals surface area (Å²) in [7, 11) is 0. The Morgan fingerprint density at radius 3 is 2.03 bits per heavy atom. The molecule has 1 aliphatic rings. The Morgan fingerprint density at radius 2 is 1.52 bits per heavy atom. The van der Waals surface area contributed by atoms with Gasteiger partial charge in [-0.25, -0.2) is 0 Å². The van der Waals surface area contributed by atoms with Crippen LogP contribution in [0.15, 0.2) is 41.3 Å². The standard InChI is InChI=1S/C25H29ClO2S/c1-4-18-12-16(3)13-19(5-2)24(18)25-22(27)14-17(15-23(25)28)10-11-29-21-8-6-20(26)7-9-21/h6-9,12-13,17,25H,4-5,10-11,14-15H2,1-3H3. The molecular formula is C25H29ClO2S. The van der Waals surface area contributed by atoms with Crippen molar-refractivity contribution in [3.63, 3.8) is 0 Å². The third kappa shape index (κ3) is 5.32. The van der Waals surface area contributed by atoms with Crippen LogP contribution >= 0.6 is 23.4 Å². The van der Waals surface area contributed by atoms with Crippen molar-refractivity contribution >= 4 is 34.9 Å². The van der Waals surface area contributed by atoms with Crippen LogP contribution in [0.4, 0.5) is 0 Å². The van der Waals surface area contributed by atoms with Gasteiger partial charge in [0.15, 0.2) is 0 Å². The second-order valence-electron chi connectivity index (χ2n) is 7.93. The van der Waals surface area contributed by atoms with Crippen LogP contribution in [-0.2, 0) is 22.4 Å². The molecule has 1 saturated carbocycles. The molecule has 2 aromatic carbocycles. The zero-order valence-electron chi connectivity index (χ0n) is 17.5. The molecule has 0 amide bonds. The quantitative estimate of drug-likeness (QED) is 0.368. The summed E-state index contributed by atoms with van der Waals surface area (Å²) in [6.07, 6.45) is 3.60. The summed E-state index contributed by atoms with van der Waals surface area (Å²) in [6.45, 7) is 6.29. The molecular weight excluding hydrogens is 400 g/mol. The molecule has 3 rings (SSSR count). The maximum atomic E-state index is 13.1. The monoisotopic (exact) mass is 428 g/mol. The smallest absolute Gasteiger partial charge is 0.148 e. The molecule has 0 heterocycles. The minimum absolute atomic E-state index is 0.107. The van der Waals surface area contributed by atoms with E-state index in [-0.39, 0.29) is 17.5 Å². The molecule has 0 unspecified atom stereocenters. The number of aryl methyl sites for hydroxylation is 3. The van der Waals surface area contributed by atoms with Crippen LogP contribution in [0.25, 0.3) is 0 Å². The van der Waals surface area contributed by atoms with Crippen LogP contribution < -0.4 is 0 Å². The summed E-state index contributed by atoms with van der Waals surface area (Å²) in [4.78, 5) is 27.3. The molecule has 0 aromatic heterocycles. The van der Waals surface area contributed by atoms with Crippen molar-refractivity contribution in [2.45, 2.75) is 63.7 Å². The van der Waals surface area contributed by atoms with Crippen molar-refractivity contribution < 1.29 is 9.59 Å². The van der Waals surface area contributed by atoms with Gasteiger partial charge in [-0.05, 0) is 78.8 Å². The van der Waals surface area contributed by atoms with Gasteiger partial charge < -0.3 is 0 Å². The zero-order chi connectivity index (χ0) is 21.0. The number of Topliss-reactive ketones (excluding diaryl/α,β-unsaturated/α-hetero) is 2. The third-order valence-electron chi connectivity index (χ3n) is 5.78. The molecule has 0 radical (unpaired) electrons. The Labute approximate surface area is 183 Å². The van der Waals surface area contributed by atoms with Crippen LogP contribution in [0.2, 0.25) is 5.02 Å². The topological polar surface area (TPSA) is 34.1 Å². The summed E-state index contributed by atoms with van der Waals surface area (Å²) >= 11 is 7.69. The molecule has 0 saturated heterocycles. The van der Waals surface area contributed by atoms with E-state index in [1.807, 2.05) is 24.3 Å². The van der Waals surface area contributed by atoms with Gasteiger partial charge in [0.25, 0.3) is 0 Å². The third-order valence-corrected chi connectivity index (χ3v) is 7.08. The van der Waals surface area contributed by atoms with Gasteiger partial charge >= 0.3 is 0 Å². The van der Waals surface area contributed by atoms with Crippen LogP contribution in [0.5, 0.6) is 0 Å². The molecule has 2 aromatic rings. The molecule has 0 atom stereocenters. The Bertz CT molecular complexity index is 845. The SMILES string of the molecule is CCc1cc(C)cc(CC)c1C1C(=O)CC(CCSc2ccc(Cl)cc2)CC1=O. The van der Waals surface area contributed by atoms with Crippen LogP contribution in [0.1, 0.15) is 61.3 Å². The van der Waals surface area contributed by atoms with E-state index in [0.717, 1.165) is 46.7 Å². The lowest BCUT2D eigenvalue weighted by molar-refractivity contribution is -0.133. The first-order valence-corrected chi connectivity index (χ1v) is 11.8. The fourth-order valence-corrected chi connectivity index (χ4v) is 5.51. The highest BCUT2D eigenvalue weighted by Crippen LogP contribution is 2.37. The number of hydrogen-bond acceptors (Lipinski definition) is 3. The van der Waals surface area contributed by atoms with Gasteiger partial charge in [-0.2, -0.15) is 0 Å². The summed E-state index contributed by atoms with van der Waals surface area (Å²) < 4.78 is 0. The number of carbonyl (C=O) groups excluding carboxylic acids is 2.